The first-order chi connectivity index (χ1) is 22.1. The molecule has 46 heavy (non-hydrogen) atoms. The molecule has 244 valence electrons. The maximum Gasteiger partial charge on any atom is 0.269 e. The fourth-order valence-electron chi connectivity index (χ4n) is 6.56. The number of nitrogens with zero attached hydrogens (tertiary/aromatic N) is 3. The van der Waals surface area contributed by atoms with Crippen molar-refractivity contribution in [3.05, 3.63) is 83.5 Å². The standard InChI is InChI=1S/C37H45N3O6/c1-25(2)10-7-11-26(3)19-21-39-31-18-17-28(40-32-14-5-6-15-33(32)46-24-35(40)43)22-30(31)37(45,36(39)44)27(4)12-8-16-34(42)38-20-9-13-29(38)23-41/h5-6,8,10,12,14-15,17-19,22,27,29,41,45H,7,9,11,13,16,20-21,23-24H2,1-4H3/b12-8+,26-19+/t27-,29-,37+/m0/s1. The number of hydrogen-bond acceptors (Lipinski definition) is 6. The van der Waals surface area contributed by atoms with Gasteiger partial charge in [0.2, 0.25) is 5.91 Å². The van der Waals surface area contributed by atoms with Gasteiger partial charge in [0, 0.05) is 36.7 Å². The maximum atomic E-state index is 14.2. The second kappa shape index (κ2) is 14.1. The molecule has 1 fully saturated rings. The third-order valence-corrected chi connectivity index (χ3v) is 9.22. The molecule has 0 unspecified atom stereocenters. The summed E-state index contributed by atoms with van der Waals surface area (Å²) in [5.41, 5.74) is 2.58. The van der Waals surface area contributed by atoms with Gasteiger partial charge >= 0.3 is 0 Å². The van der Waals surface area contributed by atoms with Crippen LogP contribution in [-0.4, -0.2) is 65.2 Å². The van der Waals surface area contributed by atoms with E-state index in [1.54, 1.807) is 64.1 Å². The molecule has 9 nitrogen and oxygen atoms in total. The molecular formula is C37H45N3O6. The van der Waals surface area contributed by atoms with Gasteiger partial charge in [-0.15, -0.1) is 0 Å². The molecule has 3 heterocycles. The Hall–Kier alpha value is -4.21. The Labute approximate surface area is 271 Å². The molecule has 0 saturated carbocycles. The summed E-state index contributed by atoms with van der Waals surface area (Å²) >= 11 is 0. The van der Waals surface area contributed by atoms with Crippen LogP contribution in [0.1, 0.15) is 65.4 Å². The summed E-state index contributed by atoms with van der Waals surface area (Å²) < 4.78 is 5.64. The lowest BCUT2D eigenvalue weighted by Crippen LogP contribution is -2.44. The van der Waals surface area contributed by atoms with E-state index in [9.17, 15) is 24.6 Å². The summed E-state index contributed by atoms with van der Waals surface area (Å²) in [5, 5.41) is 22.0. The highest BCUT2D eigenvalue weighted by atomic mass is 16.5. The first-order valence-electron chi connectivity index (χ1n) is 16.2. The van der Waals surface area contributed by atoms with E-state index >= 15 is 0 Å². The number of carbonyl (C=O) groups excluding carboxylic acids is 3. The predicted octanol–water partition coefficient (Wildman–Crippen LogP) is 5.54. The summed E-state index contributed by atoms with van der Waals surface area (Å²) in [4.78, 5) is 45.1. The minimum atomic E-state index is -1.93. The highest BCUT2D eigenvalue weighted by Gasteiger charge is 2.52. The molecule has 5 rings (SSSR count). The van der Waals surface area contributed by atoms with Crippen LogP contribution in [0.4, 0.5) is 17.1 Å². The zero-order chi connectivity index (χ0) is 33.0. The zero-order valence-corrected chi connectivity index (χ0v) is 27.2. The number of ether oxygens (including phenoxy) is 1. The highest BCUT2D eigenvalue weighted by molar-refractivity contribution is 6.09. The van der Waals surface area contributed by atoms with Crippen LogP contribution in [0.3, 0.4) is 0 Å². The Morgan fingerprint density at radius 2 is 1.89 bits per heavy atom. The lowest BCUT2D eigenvalue weighted by molar-refractivity contribution is -0.139. The van der Waals surface area contributed by atoms with Gasteiger partial charge in [-0.1, -0.05) is 54.5 Å². The molecule has 0 spiro atoms. The van der Waals surface area contributed by atoms with Crippen molar-refractivity contribution in [3.8, 4) is 5.75 Å². The molecule has 0 aliphatic carbocycles. The molecule has 3 aliphatic rings. The smallest absolute Gasteiger partial charge is 0.269 e. The van der Waals surface area contributed by atoms with Gasteiger partial charge in [-0.25, -0.2) is 0 Å². The van der Waals surface area contributed by atoms with Crippen molar-refractivity contribution in [1.29, 1.82) is 0 Å². The van der Waals surface area contributed by atoms with E-state index in [0.29, 0.717) is 41.5 Å². The number of aliphatic hydroxyl groups is 2. The largest absolute Gasteiger partial charge is 0.482 e. The summed E-state index contributed by atoms with van der Waals surface area (Å²) in [5.74, 6) is -0.911. The maximum absolute atomic E-state index is 14.2. The van der Waals surface area contributed by atoms with Crippen LogP contribution in [0.25, 0.3) is 0 Å². The number of amides is 3. The molecule has 3 aliphatic heterocycles. The summed E-state index contributed by atoms with van der Waals surface area (Å²) in [6.45, 7) is 8.67. The molecule has 0 radical (unpaired) electrons. The topological polar surface area (TPSA) is 111 Å². The number of para-hydroxylation sites is 2. The normalized spacial score (nSPS) is 21.8. The molecule has 3 atom stereocenters. The quantitative estimate of drug-likeness (QED) is 0.317. The van der Waals surface area contributed by atoms with Crippen LogP contribution in [0.2, 0.25) is 0 Å². The molecule has 1 saturated heterocycles. The van der Waals surface area contributed by atoms with Gasteiger partial charge in [-0.05, 0) is 76.8 Å². The van der Waals surface area contributed by atoms with Crippen molar-refractivity contribution in [1.82, 2.24) is 4.90 Å². The highest BCUT2D eigenvalue weighted by Crippen LogP contribution is 2.48. The summed E-state index contributed by atoms with van der Waals surface area (Å²) in [7, 11) is 0. The molecule has 2 N–H and O–H groups in total. The number of fused-ring (bicyclic) bond motifs is 2. The van der Waals surface area contributed by atoms with Crippen LogP contribution in [0.15, 0.2) is 77.9 Å². The van der Waals surface area contributed by atoms with Crippen molar-refractivity contribution < 1.29 is 29.3 Å². The number of benzene rings is 2. The Balaban J connectivity index is 1.47. The number of allylic oxidation sites excluding steroid dienone is 3. The molecular weight excluding hydrogens is 582 g/mol. The Morgan fingerprint density at radius 3 is 2.65 bits per heavy atom. The van der Waals surface area contributed by atoms with Crippen LogP contribution in [0, 0.1) is 5.92 Å². The molecule has 9 heteroatoms. The Morgan fingerprint density at radius 1 is 1.11 bits per heavy atom. The van der Waals surface area contributed by atoms with Gasteiger partial charge in [-0.3, -0.25) is 19.3 Å². The number of likely N-dealkylation sites (tertiary alicyclic amines) is 1. The molecule has 2 aromatic carbocycles. The van der Waals surface area contributed by atoms with Crippen molar-refractivity contribution >= 4 is 34.8 Å². The van der Waals surface area contributed by atoms with Crippen molar-refractivity contribution in [2.75, 3.05) is 36.1 Å². The first-order valence-corrected chi connectivity index (χ1v) is 16.2. The lowest BCUT2D eigenvalue weighted by Gasteiger charge is -2.31. The second-order valence-electron chi connectivity index (χ2n) is 12.7. The first kappa shape index (κ1) is 33.2. The fraction of sp³-hybridized carbons (Fsp3) is 0.432. The SMILES string of the molecule is CC(C)=CCC/C(C)=C/CN1C(=O)[C@@](O)([C@@H](C)/C=C/CC(=O)N2CCC[C@H]2CO)c2cc(N3C(=O)COc4ccccc43)ccc21. The number of anilines is 3. The summed E-state index contributed by atoms with van der Waals surface area (Å²) in [6, 6.07) is 12.4. The average Bonchev–Trinajstić information content (AvgIpc) is 3.61. The van der Waals surface area contributed by atoms with Gasteiger partial charge in [0.15, 0.2) is 12.2 Å². The minimum absolute atomic E-state index is 0.0615. The van der Waals surface area contributed by atoms with E-state index < -0.39 is 17.4 Å². The van der Waals surface area contributed by atoms with Gasteiger partial charge in [0.05, 0.1) is 24.0 Å². The van der Waals surface area contributed by atoms with E-state index in [4.69, 9.17) is 4.74 Å². The van der Waals surface area contributed by atoms with E-state index in [1.807, 2.05) is 25.1 Å². The molecule has 0 aromatic heterocycles. The van der Waals surface area contributed by atoms with Gasteiger partial charge in [-0.2, -0.15) is 0 Å². The lowest BCUT2D eigenvalue weighted by atomic mass is 9.82. The predicted molar refractivity (Wildman–Crippen MR) is 179 cm³/mol. The average molecular weight is 628 g/mol. The van der Waals surface area contributed by atoms with Gasteiger partial charge in [0.25, 0.3) is 11.8 Å². The number of hydrogen-bond donors (Lipinski definition) is 2. The molecule has 0 bridgehead atoms. The number of rotatable bonds is 11. The van der Waals surface area contributed by atoms with Crippen molar-refractivity contribution in [2.45, 2.75) is 71.4 Å². The van der Waals surface area contributed by atoms with Crippen LogP contribution in [0.5, 0.6) is 5.75 Å². The van der Waals surface area contributed by atoms with Gasteiger partial charge in [0.1, 0.15) is 5.75 Å². The third-order valence-electron chi connectivity index (χ3n) is 9.22. The molecule has 3 amide bonds. The van der Waals surface area contributed by atoms with Crippen LogP contribution < -0.4 is 14.5 Å². The van der Waals surface area contributed by atoms with E-state index in [2.05, 4.69) is 19.9 Å². The van der Waals surface area contributed by atoms with Crippen molar-refractivity contribution in [3.63, 3.8) is 0 Å². The molecule has 2 aromatic rings. The third kappa shape index (κ3) is 6.52. The van der Waals surface area contributed by atoms with E-state index in [-0.39, 0.29) is 37.5 Å². The fourth-order valence-corrected chi connectivity index (χ4v) is 6.56. The Kier molecular flexibility index (Phi) is 10.1. The Bertz CT molecular complexity index is 1570. The minimum Gasteiger partial charge on any atom is -0.482 e. The second-order valence-corrected chi connectivity index (χ2v) is 12.7. The number of carbonyl (C=O) groups is 3. The monoisotopic (exact) mass is 627 g/mol. The van der Waals surface area contributed by atoms with E-state index in [0.717, 1.165) is 31.3 Å². The zero-order valence-electron chi connectivity index (χ0n) is 27.2. The summed E-state index contributed by atoms with van der Waals surface area (Å²) in [6.07, 6.45) is 11.2. The van der Waals surface area contributed by atoms with E-state index in [1.165, 1.54) is 5.57 Å². The van der Waals surface area contributed by atoms with Crippen LogP contribution >= 0.6 is 0 Å². The van der Waals surface area contributed by atoms with Gasteiger partial charge < -0.3 is 24.7 Å². The van der Waals surface area contributed by atoms with Crippen LogP contribution in [-0.2, 0) is 20.0 Å². The number of aliphatic hydroxyl groups excluding tert-OH is 1. The van der Waals surface area contributed by atoms with Crippen molar-refractivity contribution in [2.24, 2.45) is 5.92 Å².